The number of nitrogens with one attached hydrogen (secondary N) is 1. The Kier molecular flexibility index (Phi) is 3.61. The third kappa shape index (κ3) is 2.48. The number of rotatable bonds is 3. The molecule has 0 spiro atoms. The van der Waals surface area contributed by atoms with Gasteiger partial charge in [0.05, 0.1) is 19.2 Å². The predicted molar refractivity (Wildman–Crippen MR) is 70.9 cm³/mol. The van der Waals surface area contributed by atoms with Crippen LogP contribution >= 0.6 is 0 Å². The SMILES string of the molecule is COc1cc(C)c(C2CN(CC#N)C(=O)N2)cc1C. The van der Waals surface area contributed by atoms with E-state index in [9.17, 15) is 4.79 Å². The molecule has 2 amide bonds. The van der Waals surface area contributed by atoms with Crippen molar-refractivity contribution in [2.75, 3.05) is 20.2 Å². The number of nitriles is 1. The number of urea groups is 1. The van der Waals surface area contributed by atoms with Crippen LogP contribution in [-0.2, 0) is 0 Å². The van der Waals surface area contributed by atoms with Crippen LogP contribution < -0.4 is 10.1 Å². The molecule has 2 rings (SSSR count). The summed E-state index contributed by atoms with van der Waals surface area (Å²) in [6.07, 6.45) is 0. The predicted octanol–water partition coefficient (Wildman–Crippen LogP) is 1.90. The average Bonchev–Trinajstić information content (AvgIpc) is 2.73. The fraction of sp³-hybridized carbons (Fsp3) is 0.429. The number of methoxy groups -OCH3 is 1. The maximum Gasteiger partial charge on any atom is 0.318 e. The molecule has 1 atom stereocenters. The Balaban J connectivity index is 2.27. The maximum atomic E-state index is 11.7. The van der Waals surface area contributed by atoms with E-state index in [1.54, 1.807) is 7.11 Å². The van der Waals surface area contributed by atoms with Crippen molar-refractivity contribution in [3.63, 3.8) is 0 Å². The molecule has 1 aliphatic heterocycles. The summed E-state index contributed by atoms with van der Waals surface area (Å²) in [5.74, 6) is 0.847. The van der Waals surface area contributed by atoms with Crippen molar-refractivity contribution in [3.05, 3.63) is 28.8 Å². The van der Waals surface area contributed by atoms with Crippen molar-refractivity contribution >= 4 is 6.03 Å². The van der Waals surface area contributed by atoms with Gasteiger partial charge in [0.25, 0.3) is 0 Å². The second-order valence-electron chi connectivity index (χ2n) is 4.72. The molecule has 1 aromatic carbocycles. The van der Waals surface area contributed by atoms with Gasteiger partial charge in [-0.05, 0) is 36.6 Å². The van der Waals surface area contributed by atoms with Gasteiger partial charge in [0.2, 0.25) is 0 Å². The van der Waals surface area contributed by atoms with Crippen LogP contribution in [0.15, 0.2) is 12.1 Å². The van der Waals surface area contributed by atoms with E-state index in [-0.39, 0.29) is 18.6 Å². The largest absolute Gasteiger partial charge is 0.496 e. The molecule has 0 aromatic heterocycles. The molecule has 0 radical (unpaired) electrons. The van der Waals surface area contributed by atoms with Gasteiger partial charge in [0.1, 0.15) is 12.3 Å². The second kappa shape index (κ2) is 5.19. The summed E-state index contributed by atoms with van der Waals surface area (Å²) in [6, 6.07) is 5.77. The van der Waals surface area contributed by atoms with Crippen LogP contribution in [0, 0.1) is 25.2 Å². The van der Waals surface area contributed by atoms with E-state index in [1.165, 1.54) is 4.90 Å². The third-order valence-corrected chi connectivity index (χ3v) is 3.41. The Morgan fingerprint density at radius 3 is 2.84 bits per heavy atom. The minimum absolute atomic E-state index is 0.0644. The lowest BCUT2D eigenvalue weighted by atomic mass is 9.98. The Bertz CT molecular complexity index is 548. The number of benzene rings is 1. The number of aryl methyl sites for hydroxylation is 2. The zero-order chi connectivity index (χ0) is 14.0. The first-order valence-corrected chi connectivity index (χ1v) is 6.14. The molecule has 1 fully saturated rings. The summed E-state index contributed by atoms with van der Waals surface area (Å²) >= 11 is 0. The van der Waals surface area contributed by atoms with Gasteiger partial charge in [-0.25, -0.2) is 4.79 Å². The van der Waals surface area contributed by atoms with Crippen LogP contribution in [0.2, 0.25) is 0 Å². The quantitative estimate of drug-likeness (QED) is 0.843. The molecule has 0 saturated carbocycles. The van der Waals surface area contributed by atoms with Crippen molar-refractivity contribution in [2.24, 2.45) is 0 Å². The highest BCUT2D eigenvalue weighted by molar-refractivity contribution is 5.77. The molecule has 5 nitrogen and oxygen atoms in total. The summed E-state index contributed by atoms with van der Waals surface area (Å²) in [5, 5.41) is 11.6. The fourth-order valence-electron chi connectivity index (χ4n) is 2.39. The first-order chi connectivity index (χ1) is 9.06. The van der Waals surface area contributed by atoms with E-state index in [1.807, 2.05) is 32.0 Å². The van der Waals surface area contributed by atoms with E-state index >= 15 is 0 Å². The van der Waals surface area contributed by atoms with E-state index in [0.717, 1.165) is 22.4 Å². The van der Waals surface area contributed by atoms with Gasteiger partial charge in [-0.3, -0.25) is 0 Å². The third-order valence-electron chi connectivity index (χ3n) is 3.41. The standard InChI is InChI=1S/C14H17N3O2/c1-9-7-13(19-3)10(2)6-11(9)12-8-17(5-4-15)14(18)16-12/h6-7,12H,5,8H2,1-3H3,(H,16,18). The molecular formula is C14H17N3O2. The molecule has 0 bridgehead atoms. The number of carbonyl (C=O) groups is 1. The van der Waals surface area contributed by atoms with Crippen LogP contribution in [-0.4, -0.2) is 31.1 Å². The summed E-state index contributed by atoms with van der Waals surface area (Å²) in [4.78, 5) is 13.2. The molecule has 1 aromatic rings. The van der Waals surface area contributed by atoms with Crippen molar-refractivity contribution < 1.29 is 9.53 Å². The molecule has 100 valence electrons. The molecule has 1 heterocycles. The minimum Gasteiger partial charge on any atom is -0.496 e. The molecular weight excluding hydrogens is 242 g/mol. The Hall–Kier alpha value is -2.22. The maximum absolute atomic E-state index is 11.7. The van der Waals surface area contributed by atoms with E-state index in [0.29, 0.717) is 6.54 Å². The molecule has 5 heteroatoms. The minimum atomic E-state index is -0.181. The molecule has 1 aliphatic rings. The topological polar surface area (TPSA) is 65.4 Å². The molecule has 1 unspecified atom stereocenters. The summed E-state index contributed by atoms with van der Waals surface area (Å²) in [5.41, 5.74) is 3.19. The lowest BCUT2D eigenvalue weighted by molar-refractivity contribution is 0.222. The highest BCUT2D eigenvalue weighted by atomic mass is 16.5. The first-order valence-electron chi connectivity index (χ1n) is 6.14. The second-order valence-corrected chi connectivity index (χ2v) is 4.72. The number of carbonyl (C=O) groups excluding carboxylic acids is 1. The lowest BCUT2D eigenvalue weighted by Gasteiger charge is -2.16. The molecule has 1 N–H and O–H groups in total. The smallest absolute Gasteiger partial charge is 0.318 e. The zero-order valence-electron chi connectivity index (χ0n) is 11.4. The number of hydrogen-bond acceptors (Lipinski definition) is 3. The van der Waals surface area contributed by atoms with E-state index in [2.05, 4.69) is 5.32 Å². The van der Waals surface area contributed by atoms with Gasteiger partial charge >= 0.3 is 6.03 Å². The highest BCUT2D eigenvalue weighted by Crippen LogP contribution is 2.29. The average molecular weight is 259 g/mol. The summed E-state index contributed by atoms with van der Waals surface area (Å²) in [6.45, 7) is 4.62. The van der Waals surface area contributed by atoms with Crippen LogP contribution in [0.3, 0.4) is 0 Å². The highest BCUT2D eigenvalue weighted by Gasteiger charge is 2.30. The number of amides is 2. The Morgan fingerprint density at radius 2 is 2.21 bits per heavy atom. The molecule has 0 aliphatic carbocycles. The van der Waals surface area contributed by atoms with Gasteiger partial charge < -0.3 is 15.0 Å². The van der Waals surface area contributed by atoms with Crippen LogP contribution in [0.5, 0.6) is 5.75 Å². The van der Waals surface area contributed by atoms with Gasteiger partial charge in [0.15, 0.2) is 0 Å². The van der Waals surface area contributed by atoms with Crippen molar-refractivity contribution in [1.82, 2.24) is 10.2 Å². The van der Waals surface area contributed by atoms with E-state index < -0.39 is 0 Å². The van der Waals surface area contributed by atoms with Crippen molar-refractivity contribution in [1.29, 1.82) is 5.26 Å². The number of hydrogen-bond donors (Lipinski definition) is 1. The normalized spacial score (nSPS) is 18.1. The van der Waals surface area contributed by atoms with Crippen LogP contribution in [0.25, 0.3) is 0 Å². The Labute approximate surface area is 112 Å². The Morgan fingerprint density at radius 1 is 1.47 bits per heavy atom. The summed E-state index contributed by atoms with van der Waals surface area (Å²) in [7, 11) is 1.65. The zero-order valence-corrected chi connectivity index (χ0v) is 11.4. The monoisotopic (exact) mass is 259 g/mol. The fourth-order valence-corrected chi connectivity index (χ4v) is 2.39. The van der Waals surface area contributed by atoms with Crippen molar-refractivity contribution in [2.45, 2.75) is 19.9 Å². The number of ether oxygens (including phenoxy) is 1. The number of nitrogens with zero attached hydrogens (tertiary/aromatic N) is 2. The van der Waals surface area contributed by atoms with Crippen LogP contribution in [0.1, 0.15) is 22.7 Å². The van der Waals surface area contributed by atoms with Gasteiger partial charge in [-0.1, -0.05) is 6.07 Å². The van der Waals surface area contributed by atoms with Gasteiger partial charge in [-0.15, -0.1) is 0 Å². The first kappa shape index (κ1) is 13.2. The van der Waals surface area contributed by atoms with Gasteiger partial charge in [0, 0.05) is 6.54 Å². The summed E-state index contributed by atoms with van der Waals surface area (Å²) < 4.78 is 5.28. The van der Waals surface area contributed by atoms with Crippen LogP contribution in [0.4, 0.5) is 4.79 Å². The van der Waals surface area contributed by atoms with E-state index in [4.69, 9.17) is 10.00 Å². The molecule has 1 saturated heterocycles. The van der Waals surface area contributed by atoms with Crippen molar-refractivity contribution in [3.8, 4) is 11.8 Å². The van der Waals surface area contributed by atoms with Gasteiger partial charge in [-0.2, -0.15) is 5.26 Å². The lowest BCUT2D eigenvalue weighted by Crippen LogP contribution is -2.28. The molecule has 19 heavy (non-hydrogen) atoms.